The van der Waals surface area contributed by atoms with Crippen LogP contribution < -0.4 is 10.6 Å². The van der Waals surface area contributed by atoms with Crippen molar-refractivity contribution in [3.63, 3.8) is 0 Å². The number of unbranched alkanes of at least 4 members (excludes halogenated alkanes) is 3. The highest BCUT2D eigenvalue weighted by molar-refractivity contribution is 6.00. The van der Waals surface area contributed by atoms with Crippen LogP contribution in [0.2, 0.25) is 0 Å². The summed E-state index contributed by atoms with van der Waals surface area (Å²) >= 11 is 0. The molecule has 0 aliphatic carbocycles. The first-order chi connectivity index (χ1) is 18.2. The summed E-state index contributed by atoms with van der Waals surface area (Å²) in [4.78, 5) is 41.1. The topological polar surface area (TPSA) is 87.7 Å². The van der Waals surface area contributed by atoms with Gasteiger partial charge in [0.2, 0.25) is 5.91 Å². The van der Waals surface area contributed by atoms with Gasteiger partial charge >= 0.3 is 6.09 Å². The number of rotatable bonds is 11. The minimum atomic E-state index is -0.864. The molecule has 3 aromatic carbocycles. The van der Waals surface area contributed by atoms with E-state index in [1.54, 1.807) is 25.7 Å². The predicted octanol–water partition coefficient (Wildman–Crippen LogP) is 6.45. The van der Waals surface area contributed by atoms with Gasteiger partial charge in [-0.25, -0.2) is 4.79 Å². The van der Waals surface area contributed by atoms with Gasteiger partial charge in [-0.05, 0) is 55.7 Å². The van der Waals surface area contributed by atoms with E-state index in [2.05, 4.69) is 17.6 Å². The standard InChI is InChI=1S/C31H39N3O4/c1-5-6-7-13-20-34(27(35)22-32-30(37)38-31(2,3)4)28(24-15-9-8-10-16-24)29(36)33-26-19-18-23-14-11-12-17-25(23)21-26/h8-12,14-19,21,28H,5-7,13,20,22H2,1-4H3,(H,32,37)(H,33,36). The first-order valence-corrected chi connectivity index (χ1v) is 13.3. The van der Waals surface area contributed by atoms with E-state index >= 15 is 0 Å². The summed E-state index contributed by atoms with van der Waals surface area (Å²) in [5, 5.41) is 7.66. The number of hydrogen-bond acceptors (Lipinski definition) is 4. The third-order valence-electron chi connectivity index (χ3n) is 6.05. The Morgan fingerprint density at radius 2 is 1.55 bits per heavy atom. The Labute approximate surface area is 225 Å². The van der Waals surface area contributed by atoms with E-state index in [0.717, 1.165) is 36.5 Å². The molecule has 7 heteroatoms. The predicted molar refractivity (Wildman–Crippen MR) is 152 cm³/mol. The zero-order chi connectivity index (χ0) is 27.5. The van der Waals surface area contributed by atoms with Crippen molar-refractivity contribution in [2.75, 3.05) is 18.4 Å². The number of hydrogen-bond donors (Lipinski definition) is 2. The molecule has 0 fully saturated rings. The van der Waals surface area contributed by atoms with E-state index < -0.39 is 17.7 Å². The summed E-state index contributed by atoms with van der Waals surface area (Å²) in [6, 6.07) is 22.1. The average Bonchev–Trinajstić information content (AvgIpc) is 2.88. The normalized spacial score (nSPS) is 12.0. The minimum Gasteiger partial charge on any atom is -0.444 e. The quantitative estimate of drug-likeness (QED) is 0.286. The number of alkyl carbamates (subject to hydrolysis) is 1. The van der Waals surface area contributed by atoms with E-state index in [1.165, 1.54) is 0 Å². The van der Waals surface area contributed by atoms with Gasteiger partial charge in [0.15, 0.2) is 0 Å². The van der Waals surface area contributed by atoms with Gasteiger partial charge < -0.3 is 20.3 Å². The minimum absolute atomic E-state index is 0.269. The Hall–Kier alpha value is -3.87. The van der Waals surface area contributed by atoms with Gasteiger partial charge in [-0.2, -0.15) is 0 Å². The molecule has 0 spiro atoms. The summed E-state index contributed by atoms with van der Waals surface area (Å²) in [6.45, 7) is 7.53. The summed E-state index contributed by atoms with van der Waals surface area (Å²) < 4.78 is 5.29. The lowest BCUT2D eigenvalue weighted by molar-refractivity contribution is -0.138. The number of carbonyl (C=O) groups excluding carboxylic acids is 3. The van der Waals surface area contributed by atoms with Crippen molar-refractivity contribution in [1.29, 1.82) is 0 Å². The SMILES string of the molecule is CCCCCCN(C(=O)CNC(=O)OC(C)(C)C)C(C(=O)Nc1ccc2ccccc2c1)c1ccccc1. The zero-order valence-corrected chi connectivity index (χ0v) is 22.8. The summed E-state index contributed by atoms with van der Waals surface area (Å²) in [6.07, 6.45) is 3.11. The maximum atomic E-state index is 13.8. The van der Waals surface area contributed by atoms with Crippen LogP contribution in [-0.2, 0) is 14.3 Å². The molecule has 38 heavy (non-hydrogen) atoms. The molecule has 0 bridgehead atoms. The monoisotopic (exact) mass is 517 g/mol. The number of ether oxygens (including phenoxy) is 1. The molecule has 3 aromatic rings. The molecule has 7 nitrogen and oxygen atoms in total. The highest BCUT2D eigenvalue weighted by Gasteiger charge is 2.31. The number of anilines is 1. The molecule has 1 atom stereocenters. The maximum absolute atomic E-state index is 13.8. The molecule has 0 aromatic heterocycles. The van der Waals surface area contributed by atoms with Crippen molar-refractivity contribution in [3.05, 3.63) is 78.4 Å². The maximum Gasteiger partial charge on any atom is 0.408 e. The number of nitrogens with one attached hydrogen (secondary N) is 2. The molecule has 0 aliphatic rings. The third kappa shape index (κ3) is 8.61. The molecule has 0 radical (unpaired) electrons. The van der Waals surface area contributed by atoms with Crippen molar-refractivity contribution < 1.29 is 19.1 Å². The molecule has 0 aliphatic heterocycles. The molecule has 0 saturated heterocycles. The molecule has 3 amide bonds. The van der Waals surface area contributed by atoms with E-state index in [0.29, 0.717) is 17.8 Å². The molecule has 0 saturated carbocycles. The first kappa shape index (κ1) is 28.7. The molecule has 202 valence electrons. The van der Waals surface area contributed by atoms with Crippen molar-refractivity contribution in [2.24, 2.45) is 0 Å². The molecule has 1 unspecified atom stereocenters. The average molecular weight is 518 g/mol. The summed E-state index contributed by atoms with van der Waals surface area (Å²) in [5.74, 6) is -0.664. The van der Waals surface area contributed by atoms with E-state index in [-0.39, 0.29) is 18.4 Å². The van der Waals surface area contributed by atoms with Gasteiger partial charge in [0.25, 0.3) is 5.91 Å². The lowest BCUT2D eigenvalue weighted by Crippen LogP contribution is -2.47. The Morgan fingerprint density at radius 1 is 0.868 bits per heavy atom. The molecular weight excluding hydrogens is 478 g/mol. The lowest BCUT2D eigenvalue weighted by atomic mass is 10.0. The second-order valence-corrected chi connectivity index (χ2v) is 10.4. The largest absolute Gasteiger partial charge is 0.444 e. The Balaban J connectivity index is 1.87. The van der Waals surface area contributed by atoms with Crippen LogP contribution in [0.5, 0.6) is 0 Å². The number of carbonyl (C=O) groups is 3. The van der Waals surface area contributed by atoms with Crippen LogP contribution in [0.15, 0.2) is 72.8 Å². The van der Waals surface area contributed by atoms with E-state index in [9.17, 15) is 14.4 Å². The van der Waals surface area contributed by atoms with Gasteiger partial charge in [0, 0.05) is 12.2 Å². The van der Waals surface area contributed by atoms with Crippen molar-refractivity contribution in [3.8, 4) is 0 Å². The van der Waals surface area contributed by atoms with Crippen LogP contribution in [0.3, 0.4) is 0 Å². The van der Waals surface area contributed by atoms with Crippen LogP contribution in [-0.4, -0.2) is 41.5 Å². The highest BCUT2D eigenvalue weighted by Crippen LogP contribution is 2.26. The van der Waals surface area contributed by atoms with Crippen molar-refractivity contribution >= 4 is 34.4 Å². The van der Waals surface area contributed by atoms with Crippen molar-refractivity contribution in [2.45, 2.75) is 65.0 Å². The number of nitrogens with zero attached hydrogens (tertiary/aromatic N) is 1. The number of fused-ring (bicyclic) bond motifs is 1. The highest BCUT2D eigenvalue weighted by atomic mass is 16.6. The van der Waals surface area contributed by atoms with Gasteiger partial charge in [-0.3, -0.25) is 9.59 Å². The van der Waals surface area contributed by atoms with E-state index in [1.807, 2.05) is 72.8 Å². The number of benzene rings is 3. The second-order valence-electron chi connectivity index (χ2n) is 10.4. The van der Waals surface area contributed by atoms with Gasteiger partial charge in [-0.15, -0.1) is 0 Å². The van der Waals surface area contributed by atoms with E-state index in [4.69, 9.17) is 4.74 Å². The zero-order valence-electron chi connectivity index (χ0n) is 22.8. The fourth-order valence-corrected chi connectivity index (χ4v) is 4.26. The molecule has 3 rings (SSSR count). The van der Waals surface area contributed by atoms with Crippen LogP contribution in [0.25, 0.3) is 10.8 Å². The number of amides is 3. The van der Waals surface area contributed by atoms with Gasteiger partial charge in [-0.1, -0.05) is 86.8 Å². The molecule has 0 heterocycles. The fourth-order valence-electron chi connectivity index (χ4n) is 4.26. The second kappa shape index (κ2) is 13.6. The first-order valence-electron chi connectivity index (χ1n) is 13.3. The van der Waals surface area contributed by atoms with Crippen LogP contribution in [0.4, 0.5) is 10.5 Å². The molecular formula is C31H39N3O4. The third-order valence-corrected chi connectivity index (χ3v) is 6.05. The summed E-state index contributed by atoms with van der Waals surface area (Å²) in [7, 11) is 0. The fraction of sp³-hybridized carbons (Fsp3) is 0.387. The van der Waals surface area contributed by atoms with Crippen LogP contribution in [0.1, 0.15) is 65.0 Å². The Kier molecular flexibility index (Phi) is 10.3. The van der Waals surface area contributed by atoms with Crippen LogP contribution in [0, 0.1) is 0 Å². The Morgan fingerprint density at radius 3 is 2.24 bits per heavy atom. The smallest absolute Gasteiger partial charge is 0.408 e. The van der Waals surface area contributed by atoms with Crippen LogP contribution >= 0.6 is 0 Å². The molecule has 2 N–H and O–H groups in total. The van der Waals surface area contributed by atoms with Gasteiger partial charge in [0.05, 0.1) is 0 Å². The van der Waals surface area contributed by atoms with Crippen molar-refractivity contribution in [1.82, 2.24) is 10.2 Å². The lowest BCUT2D eigenvalue weighted by Gasteiger charge is -2.32. The Bertz CT molecular complexity index is 1220. The van der Waals surface area contributed by atoms with Gasteiger partial charge in [0.1, 0.15) is 18.2 Å². The summed E-state index contributed by atoms with van der Waals surface area (Å²) in [5.41, 5.74) is 0.672.